The second kappa shape index (κ2) is 37.7. The van der Waals surface area contributed by atoms with Crippen LogP contribution in [-0.2, 0) is 32.1 Å². The van der Waals surface area contributed by atoms with Gasteiger partial charge in [0.25, 0.3) is 0 Å². The molecule has 0 nitrogen and oxygen atoms in total. The second-order valence-electron chi connectivity index (χ2n) is 37.1. The average molecular weight is 1740 g/mol. The molecule has 21 aromatic rings. The van der Waals surface area contributed by atoms with Crippen molar-refractivity contribution < 1.29 is 0 Å². The number of hydrogen-bond donors (Lipinski definition) is 0. The predicted octanol–water partition coefficient (Wildman–Crippen LogP) is 36.2. The largest absolute Gasteiger partial charge is 0.0622 e. The van der Waals surface area contributed by atoms with E-state index in [2.05, 4.69) is 514 Å². The average Bonchev–Trinajstić information content (AvgIpc) is 1.65. The van der Waals surface area contributed by atoms with Gasteiger partial charge in [0.15, 0.2) is 0 Å². The van der Waals surface area contributed by atoms with E-state index in [1.165, 1.54) is 261 Å². The Labute approximate surface area is 801 Å². The fourth-order valence-electron chi connectivity index (χ4n) is 21.2. The van der Waals surface area contributed by atoms with E-state index in [9.17, 15) is 0 Å². The molecule has 0 amide bonds. The van der Waals surface area contributed by atoms with Crippen molar-refractivity contribution in [2.75, 3.05) is 0 Å². The zero-order chi connectivity index (χ0) is 91.5. The van der Waals surface area contributed by atoms with Gasteiger partial charge in [-0.1, -0.05) is 495 Å². The first kappa shape index (κ1) is 85.1. The molecule has 21 aromatic carbocycles. The molecule has 0 heteroatoms. The summed E-state index contributed by atoms with van der Waals surface area (Å²) in [7, 11) is 0. The van der Waals surface area contributed by atoms with Crippen LogP contribution in [0.15, 0.2) is 479 Å². The van der Waals surface area contributed by atoms with Crippen LogP contribution in [0.5, 0.6) is 0 Å². The van der Waals surface area contributed by atoms with Gasteiger partial charge in [0, 0.05) is 0 Å². The molecule has 0 heterocycles. The highest BCUT2D eigenvalue weighted by molar-refractivity contribution is 5.92. The van der Waals surface area contributed by atoms with Crippen molar-refractivity contribution >= 4 is 0 Å². The van der Waals surface area contributed by atoms with Gasteiger partial charge in [-0.3, -0.25) is 0 Å². The van der Waals surface area contributed by atoms with Gasteiger partial charge in [0.1, 0.15) is 0 Å². The lowest BCUT2D eigenvalue weighted by Gasteiger charge is -2.11. The highest BCUT2D eigenvalue weighted by atomic mass is 14.3. The number of hydrogen-bond acceptors (Lipinski definition) is 0. The van der Waals surface area contributed by atoms with Gasteiger partial charge in [-0.25, -0.2) is 0 Å². The molecule has 648 valence electrons. The molecule has 0 saturated heterocycles. The van der Waals surface area contributed by atoms with Gasteiger partial charge < -0.3 is 0 Å². The Morgan fingerprint density at radius 1 is 0.103 bits per heavy atom. The van der Waals surface area contributed by atoms with E-state index < -0.39 is 0 Å². The van der Waals surface area contributed by atoms with Crippen LogP contribution in [0, 0.1) is 34.6 Å². The molecule has 26 rings (SSSR count). The van der Waals surface area contributed by atoms with Gasteiger partial charge >= 0.3 is 0 Å². The normalized spacial score (nSPS) is 11.9. The molecule has 0 saturated carbocycles. The standard InChI is InChI=1S/2C32H24.2C26H20.C20H16/c1-22-13-14-28-21-32-29(11-6-12-30(32)31(28)19-22)27-10-5-9-26(20-27)25-17-15-24(16-18-25)23-7-3-2-4-8-23;1-22-10-11-28-21-32-29(8-5-9-30(32)31(28)20-22)27-18-16-26(17-19-27)25-14-12-24(13-15-25)23-6-3-2-4-7-23;1-18-13-14-22-17-26-23(11-6-12-24(26)25(22)15-18)21-10-5-9-20(16-21)19-7-3-2-4-8-19;1-18-10-11-22-17-26-23(8-5-9-24(26)25(22)16-18)21-14-12-20(13-15-21)19-6-3-2-4-7-19;1-14-10-11-16-13-20-17(15-6-3-2-4-7-15)8-5-9-18(20)19(16)12-14/h2*2-20H,21H2,1H3;2*2-16H,17H2,1H3;2-12H,13H2,1H3. The first-order valence-electron chi connectivity index (χ1n) is 47.9. The van der Waals surface area contributed by atoms with Crippen molar-refractivity contribution in [2.45, 2.75) is 66.7 Å². The third-order valence-electron chi connectivity index (χ3n) is 28.2. The summed E-state index contributed by atoms with van der Waals surface area (Å²) < 4.78 is 0. The number of fused-ring (bicyclic) bond motifs is 15. The molecule has 5 aliphatic carbocycles. The van der Waals surface area contributed by atoms with Gasteiger partial charge in [-0.15, -0.1) is 0 Å². The number of rotatable bonds is 11. The lowest BCUT2D eigenvalue weighted by Crippen LogP contribution is -1.89. The summed E-state index contributed by atoms with van der Waals surface area (Å²) in [4.78, 5) is 0. The number of benzene rings is 21. The third-order valence-corrected chi connectivity index (χ3v) is 28.2. The lowest BCUT2D eigenvalue weighted by atomic mass is 9.93. The third kappa shape index (κ3) is 17.5. The highest BCUT2D eigenvalue weighted by Gasteiger charge is 2.28. The van der Waals surface area contributed by atoms with Crippen LogP contribution in [0.25, 0.3) is 178 Å². The minimum Gasteiger partial charge on any atom is -0.0622 e. The molecule has 0 N–H and O–H groups in total. The van der Waals surface area contributed by atoms with Crippen molar-refractivity contribution in [1.29, 1.82) is 0 Å². The van der Waals surface area contributed by atoms with E-state index in [1.54, 1.807) is 0 Å². The maximum absolute atomic E-state index is 2.33. The van der Waals surface area contributed by atoms with Crippen LogP contribution in [-0.4, -0.2) is 0 Å². The quantitative estimate of drug-likeness (QED) is 0.121. The van der Waals surface area contributed by atoms with Crippen LogP contribution in [0.2, 0.25) is 0 Å². The molecular formula is C136H104. The second-order valence-corrected chi connectivity index (χ2v) is 37.1. The van der Waals surface area contributed by atoms with E-state index in [0.717, 1.165) is 32.1 Å². The molecular weight excluding hydrogens is 1630 g/mol. The zero-order valence-corrected chi connectivity index (χ0v) is 77.6. The molecule has 0 radical (unpaired) electrons. The molecule has 5 aliphatic rings. The lowest BCUT2D eigenvalue weighted by molar-refractivity contribution is 1.26. The van der Waals surface area contributed by atoms with Gasteiger partial charge in [-0.2, -0.15) is 0 Å². The summed E-state index contributed by atoms with van der Waals surface area (Å²) in [5.41, 5.74) is 63.5. The molecule has 0 fully saturated rings. The van der Waals surface area contributed by atoms with E-state index in [-0.39, 0.29) is 0 Å². The summed E-state index contributed by atoms with van der Waals surface area (Å²) in [5, 5.41) is 0. The molecule has 136 heavy (non-hydrogen) atoms. The Bertz CT molecular complexity index is 8000. The minimum absolute atomic E-state index is 1.01. The van der Waals surface area contributed by atoms with E-state index >= 15 is 0 Å². The van der Waals surface area contributed by atoms with Crippen molar-refractivity contribution in [3.05, 3.63) is 563 Å². The maximum atomic E-state index is 2.33. The first-order valence-corrected chi connectivity index (χ1v) is 47.9. The molecule has 0 spiro atoms. The van der Waals surface area contributed by atoms with Crippen molar-refractivity contribution in [1.82, 2.24) is 0 Å². The molecule has 0 atom stereocenters. The van der Waals surface area contributed by atoms with E-state index in [0.29, 0.717) is 0 Å². The van der Waals surface area contributed by atoms with Crippen LogP contribution in [0.3, 0.4) is 0 Å². The van der Waals surface area contributed by atoms with E-state index in [4.69, 9.17) is 0 Å². The smallest absolute Gasteiger partial charge is 0.000728 e. The maximum Gasteiger partial charge on any atom is -0.000728 e. The SMILES string of the molecule is Cc1ccc2c(c1)-c1cccc(-c3ccc(-c4ccc(-c5ccccc5)cc4)cc3)c1C2.Cc1ccc2c(c1)-c1cccc(-c3ccc(-c4ccccc4)cc3)c1C2.Cc1ccc2c(c1)-c1cccc(-c3cccc(-c4ccc(-c5ccccc5)cc4)c3)c1C2.Cc1ccc2c(c1)-c1cccc(-c3cccc(-c4ccccc4)c3)c1C2.Cc1ccc2c(c1)-c1cccc(-c3ccccc3)c1C2. The minimum atomic E-state index is 1.01. The molecule has 0 aromatic heterocycles. The number of aryl methyl sites for hydroxylation is 5. The summed E-state index contributed by atoms with van der Waals surface area (Å²) in [6.07, 6.45) is 5.13. The van der Waals surface area contributed by atoms with Crippen LogP contribution < -0.4 is 0 Å². The zero-order valence-electron chi connectivity index (χ0n) is 77.6. The van der Waals surface area contributed by atoms with Gasteiger partial charge in [0.2, 0.25) is 0 Å². The summed E-state index contributed by atoms with van der Waals surface area (Å²) in [6, 6.07) is 174. The van der Waals surface area contributed by atoms with E-state index in [1.807, 2.05) is 0 Å². The van der Waals surface area contributed by atoms with Crippen LogP contribution in [0.4, 0.5) is 0 Å². The van der Waals surface area contributed by atoms with Crippen LogP contribution >= 0.6 is 0 Å². The molecule has 0 unspecified atom stereocenters. The monoisotopic (exact) mass is 1740 g/mol. The molecule has 0 bridgehead atoms. The Balaban J connectivity index is 0.0000000993. The fourth-order valence-corrected chi connectivity index (χ4v) is 21.2. The summed E-state index contributed by atoms with van der Waals surface area (Å²) >= 11 is 0. The Hall–Kier alpha value is -16.4. The highest BCUT2D eigenvalue weighted by Crippen LogP contribution is 2.49. The Kier molecular flexibility index (Phi) is 23.6. The van der Waals surface area contributed by atoms with Crippen molar-refractivity contribution in [2.24, 2.45) is 0 Å². The van der Waals surface area contributed by atoms with Gasteiger partial charge in [0.05, 0.1) is 0 Å². The van der Waals surface area contributed by atoms with Crippen LogP contribution in [0.1, 0.15) is 83.5 Å². The Morgan fingerprint density at radius 3 is 0.493 bits per heavy atom. The van der Waals surface area contributed by atoms with Gasteiger partial charge in [-0.05, 0) is 313 Å². The fraction of sp³-hybridized carbons (Fsp3) is 0.0735. The van der Waals surface area contributed by atoms with Crippen molar-refractivity contribution in [3.8, 4) is 178 Å². The predicted molar refractivity (Wildman–Crippen MR) is 577 cm³/mol. The Morgan fingerprint density at radius 2 is 0.257 bits per heavy atom. The summed E-state index contributed by atoms with van der Waals surface area (Å²) in [6.45, 7) is 10.9. The summed E-state index contributed by atoms with van der Waals surface area (Å²) in [5.74, 6) is 0. The topological polar surface area (TPSA) is 0 Å². The van der Waals surface area contributed by atoms with Crippen molar-refractivity contribution in [3.63, 3.8) is 0 Å². The molecule has 0 aliphatic heterocycles. The first-order chi connectivity index (χ1) is 66.9.